The second-order valence-electron chi connectivity index (χ2n) is 6.05. The van der Waals surface area contributed by atoms with Crippen LogP contribution >= 0.6 is 22.9 Å². The number of carbonyl (C=O) groups is 2. The first kappa shape index (κ1) is 21.6. The SMILES string of the molecule is Cc1nc(NC(=O)Nc2cccc(Cl)c2)sc1C(=O)Nc1ccc(C(F)(F)F)cc1. The Morgan fingerprint density at radius 2 is 1.70 bits per heavy atom. The van der Waals surface area contributed by atoms with E-state index in [4.69, 9.17) is 11.6 Å². The summed E-state index contributed by atoms with van der Waals surface area (Å²) in [6.45, 7) is 1.58. The van der Waals surface area contributed by atoms with Crippen LogP contribution in [0.5, 0.6) is 0 Å². The van der Waals surface area contributed by atoms with Crippen LogP contribution in [0, 0.1) is 6.92 Å². The number of nitrogens with one attached hydrogen (secondary N) is 3. The molecule has 1 heterocycles. The van der Waals surface area contributed by atoms with Crippen LogP contribution in [0.25, 0.3) is 0 Å². The topological polar surface area (TPSA) is 83.1 Å². The van der Waals surface area contributed by atoms with Gasteiger partial charge in [0.25, 0.3) is 5.91 Å². The molecule has 3 rings (SSSR count). The van der Waals surface area contributed by atoms with Gasteiger partial charge in [0, 0.05) is 16.4 Å². The molecule has 1 aromatic heterocycles. The van der Waals surface area contributed by atoms with Gasteiger partial charge in [0.05, 0.1) is 11.3 Å². The van der Waals surface area contributed by atoms with E-state index in [9.17, 15) is 22.8 Å². The van der Waals surface area contributed by atoms with Gasteiger partial charge in [-0.25, -0.2) is 9.78 Å². The molecular formula is C19H14ClF3N4O2S. The summed E-state index contributed by atoms with van der Waals surface area (Å²) < 4.78 is 37.9. The van der Waals surface area contributed by atoms with Crippen LogP contribution in [-0.2, 0) is 6.18 Å². The number of rotatable bonds is 4. The minimum Gasteiger partial charge on any atom is -0.321 e. The van der Waals surface area contributed by atoms with Crippen molar-refractivity contribution in [2.24, 2.45) is 0 Å². The summed E-state index contributed by atoms with van der Waals surface area (Å²) >= 11 is 6.80. The van der Waals surface area contributed by atoms with E-state index in [-0.39, 0.29) is 15.7 Å². The molecule has 0 atom stereocenters. The Balaban J connectivity index is 1.65. The zero-order valence-electron chi connectivity index (χ0n) is 15.3. The van der Waals surface area contributed by atoms with E-state index >= 15 is 0 Å². The van der Waals surface area contributed by atoms with Crippen molar-refractivity contribution in [1.82, 2.24) is 4.98 Å². The molecule has 2 aromatic carbocycles. The fourth-order valence-electron chi connectivity index (χ4n) is 2.42. The Morgan fingerprint density at radius 3 is 2.33 bits per heavy atom. The number of hydrogen-bond acceptors (Lipinski definition) is 4. The number of anilines is 3. The molecule has 30 heavy (non-hydrogen) atoms. The molecular weight excluding hydrogens is 441 g/mol. The number of benzene rings is 2. The third-order valence-corrected chi connectivity index (χ3v) is 5.08. The number of carbonyl (C=O) groups excluding carboxylic acids is 2. The lowest BCUT2D eigenvalue weighted by Crippen LogP contribution is -2.19. The summed E-state index contributed by atoms with van der Waals surface area (Å²) in [5, 5.41) is 8.26. The van der Waals surface area contributed by atoms with Crippen molar-refractivity contribution < 1.29 is 22.8 Å². The summed E-state index contributed by atoms with van der Waals surface area (Å²) in [7, 11) is 0. The molecule has 3 amide bonds. The molecule has 3 aromatic rings. The molecule has 0 unspecified atom stereocenters. The molecule has 3 N–H and O–H groups in total. The van der Waals surface area contributed by atoms with E-state index in [0.717, 1.165) is 35.6 Å². The first-order valence-corrected chi connectivity index (χ1v) is 9.61. The van der Waals surface area contributed by atoms with E-state index in [2.05, 4.69) is 20.9 Å². The molecule has 0 bridgehead atoms. The highest BCUT2D eigenvalue weighted by Crippen LogP contribution is 2.30. The number of alkyl halides is 3. The molecule has 0 spiro atoms. The maximum absolute atomic E-state index is 12.6. The van der Waals surface area contributed by atoms with E-state index in [1.165, 1.54) is 0 Å². The number of aromatic nitrogens is 1. The van der Waals surface area contributed by atoms with Gasteiger partial charge in [-0.2, -0.15) is 13.2 Å². The molecule has 0 aliphatic rings. The number of amides is 3. The molecule has 0 aliphatic carbocycles. The Morgan fingerprint density at radius 1 is 1.00 bits per heavy atom. The van der Waals surface area contributed by atoms with Crippen molar-refractivity contribution >= 4 is 51.4 Å². The lowest BCUT2D eigenvalue weighted by molar-refractivity contribution is -0.137. The Labute approximate surface area is 178 Å². The maximum Gasteiger partial charge on any atom is 0.416 e. The molecule has 0 fully saturated rings. The van der Waals surface area contributed by atoms with Crippen LogP contribution in [-0.4, -0.2) is 16.9 Å². The van der Waals surface area contributed by atoms with Gasteiger partial charge in [-0.1, -0.05) is 29.0 Å². The highest BCUT2D eigenvalue weighted by atomic mass is 35.5. The predicted octanol–water partition coefficient (Wildman–Crippen LogP) is 6.02. The largest absolute Gasteiger partial charge is 0.416 e. The minimum absolute atomic E-state index is 0.185. The molecule has 0 saturated heterocycles. The second kappa shape index (κ2) is 8.72. The van der Waals surface area contributed by atoms with Gasteiger partial charge in [0.2, 0.25) is 0 Å². The van der Waals surface area contributed by atoms with Crippen molar-refractivity contribution in [2.75, 3.05) is 16.0 Å². The standard InChI is InChI=1S/C19H14ClF3N4O2S/c1-10-15(16(28)25-13-7-5-11(6-8-13)19(21,22)23)30-18(24-10)27-17(29)26-14-4-2-3-12(20)9-14/h2-9H,1H3,(H,25,28)(H2,24,26,27,29). The molecule has 0 saturated carbocycles. The number of urea groups is 1. The normalized spacial score (nSPS) is 11.1. The van der Waals surface area contributed by atoms with Crippen molar-refractivity contribution in [3.8, 4) is 0 Å². The summed E-state index contributed by atoms with van der Waals surface area (Å²) in [4.78, 5) is 28.9. The van der Waals surface area contributed by atoms with E-state index < -0.39 is 23.7 Å². The van der Waals surface area contributed by atoms with Gasteiger partial charge in [0.15, 0.2) is 5.13 Å². The third kappa shape index (κ3) is 5.49. The van der Waals surface area contributed by atoms with Crippen molar-refractivity contribution in [1.29, 1.82) is 0 Å². The Hall–Kier alpha value is -3.11. The maximum atomic E-state index is 12.6. The van der Waals surface area contributed by atoms with Crippen molar-refractivity contribution in [3.63, 3.8) is 0 Å². The number of nitrogens with zero attached hydrogens (tertiary/aromatic N) is 1. The summed E-state index contributed by atoms with van der Waals surface area (Å²) in [6.07, 6.45) is -4.46. The molecule has 6 nitrogen and oxygen atoms in total. The fourth-order valence-corrected chi connectivity index (χ4v) is 3.46. The first-order chi connectivity index (χ1) is 14.1. The highest BCUT2D eigenvalue weighted by molar-refractivity contribution is 7.17. The minimum atomic E-state index is -4.46. The lowest BCUT2D eigenvalue weighted by Gasteiger charge is -2.08. The zero-order chi connectivity index (χ0) is 21.9. The van der Waals surface area contributed by atoms with Crippen LogP contribution in [0.4, 0.5) is 34.5 Å². The van der Waals surface area contributed by atoms with Crippen LogP contribution in [0.2, 0.25) is 5.02 Å². The highest BCUT2D eigenvalue weighted by Gasteiger charge is 2.30. The third-order valence-electron chi connectivity index (χ3n) is 3.78. The van der Waals surface area contributed by atoms with Crippen LogP contribution in [0.15, 0.2) is 48.5 Å². The monoisotopic (exact) mass is 454 g/mol. The van der Waals surface area contributed by atoms with Gasteiger partial charge in [-0.3, -0.25) is 10.1 Å². The van der Waals surface area contributed by atoms with Crippen LogP contribution in [0.3, 0.4) is 0 Å². The summed E-state index contributed by atoms with van der Waals surface area (Å²) in [6, 6.07) is 10.1. The first-order valence-electron chi connectivity index (χ1n) is 8.41. The number of halogens is 4. The van der Waals surface area contributed by atoms with Gasteiger partial charge in [0.1, 0.15) is 4.88 Å². The summed E-state index contributed by atoms with van der Waals surface area (Å²) in [5.41, 5.74) is 0.233. The van der Waals surface area contributed by atoms with Crippen molar-refractivity contribution in [2.45, 2.75) is 13.1 Å². The number of hydrogen-bond donors (Lipinski definition) is 3. The van der Waals surface area contributed by atoms with E-state index in [1.54, 1.807) is 31.2 Å². The lowest BCUT2D eigenvalue weighted by atomic mass is 10.2. The number of aryl methyl sites for hydroxylation is 1. The predicted molar refractivity (Wildman–Crippen MR) is 110 cm³/mol. The summed E-state index contributed by atoms with van der Waals surface area (Å²) in [5.74, 6) is -0.548. The fraction of sp³-hybridized carbons (Fsp3) is 0.105. The van der Waals surface area contributed by atoms with Gasteiger partial charge in [-0.05, 0) is 49.4 Å². The molecule has 0 radical (unpaired) electrons. The van der Waals surface area contributed by atoms with E-state index in [0.29, 0.717) is 16.4 Å². The number of thiazole rings is 1. The average molecular weight is 455 g/mol. The Bertz CT molecular complexity index is 1080. The molecule has 156 valence electrons. The average Bonchev–Trinajstić information content (AvgIpc) is 3.01. The zero-order valence-corrected chi connectivity index (χ0v) is 16.9. The van der Waals surface area contributed by atoms with Crippen LogP contribution in [0.1, 0.15) is 20.9 Å². The second-order valence-corrected chi connectivity index (χ2v) is 7.49. The molecule has 11 heteroatoms. The van der Waals surface area contributed by atoms with Gasteiger partial charge < -0.3 is 10.6 Å². The smallest absolute Gasteiger partial charge is 0.321 e. The van der Waals surface area contributed by atoms with Gasteiger partial charge >= 0.3 is 12.2 Å². The van der Waals surface area contributed by atoms with Gasteiger partial charge in [-0.15, -0.1) is 0 Å². The molecule has 0 aliphatic heterocycles. The van der Waals surface area contributed by atoms with Crippen molar-refractivity contribution in [3.05, 3.63) is 69.7 Å². The quantitative estimate of drug-likeness (QED) is 0.450. The Kier molecular flexibility index (Phi) is 6.28. The van der Waals surface area contributed by atoms with E-state index in [1.807, 2.05) is 0 Å². The van der Waals surface area contributed by atoms with Crippen LogP contribution < -0.4 is 16.0 Å².